The Kier molecular flexibility index (Phi) is 5.28. The molecule has 3 aromatic rings. The molecule has 1 aromatic heterocycles. The van der Waals surface area contributed by atoms with Crippen LogP contribution < -0.4 is 14.2 Å². The van der Waals surface area contributed by atoms with E-state index >= 15 is 0 Å². The highest BCUT2D eigenvalue weighted by Crippen LogP contribution is 2.27. The second-order valence-corrected chi connectivity index (χ2v) is 6.64. The Hall–Kier alpha value is -3.28. The van der Waals surface area contributed by atoms with Crippen molar-refractivity contribution in [2.45, 2.75) is 12.5 Å². The summed E-state index contributed by atoms with van der Waals surface area (Å²) in [7, 11) is 1.58. The zero-order chi connectivity index (χ0) is 19.3. The van der Waals surface area contributed by atoms with E-state index in [4.69, 9.17) is 14.2 Å². The number of methoxy groups -OCH3 is 1. The van der Waals surface area contributed by atoms with Crippen molar-refractivity contribution in [1.82, 2.24) is 9.88 Å². The van der Waals surface area contributed by atoms with Crippen LogP contribution in [0.3, 0.4) is 0 Å². The highest BCUT2D eigenvalue weighted by atomic mass is 16.5. The number of likely N-dealkylation sites (tertiary alicyclic amines) is 1. The summed E-state index contributed by atoms with van der Waals surface area (Å²) in [6, 6.07) is 17.1. The first-order chi connectivity index (χ1) is 13.7. The molecule has 1 amide bonds. The van der Waals surface area contributed by atoms with Gasteiger partial charge in [0.25, 0.3) is 5.91 Å². The molecule has 0 aliphatic carbocycles. The van der Waals surface area contributed by atoms with Gasteiger partial charge in [0.05, 0.1) is 13.7 Å². The second-order valence-electron chi connectivity index (χ2n) is 6.64. The average Bonchev–Trinajstić information content (AvgIpc) is 3.21. The van der Waals surface area contributed by atoms with Crippen LogP contribution in [0.5, 0.6) is 17.2 Å². The van der Waals surface area contributed by atoms with E-state index in [1.54, 1.807) is 30.3 Å². The maximum Gasteiger partial charge on any atom is 0.260 e. The van der Waals surface area contributed by atoms with Crippen LogP contribution in [0, 0.1) is 0 Å². The summed E-state index contributed by atoms with van der Waals surface area (Å²) in [5.41, 5.74) is 0.842. The van der Waals surface area contributed by atoms with Gasteiger partial charge in [-0.05, 0) is 24.3 Å². The molecule has 0 N–H and O–H groups in total. The summed E-state index contributed by atoms with van der Waals surface area (Å²) in [5, 5.41) is 1.04. The SMILES string of the molecule is COc1ccccc1OCC(=O)N1CCC(Oc2cccc3cccnc23)C1. The summed E-state index contributed by atoms with van der Waals surface area (Å²) in [5.74, 6) is 1.87. The van der Waals surface area contributed by atoms with E-state index in [0.29, 0.717) is 24.6 Å². The molecule has 1 aliphatic rings. The molecule has 6 nitrogen and oxygen atoms in total. The molecule has 1 atom stereocenters. The number of ether oxygens (including phenoxy) is 3. The van der Waals surface area contributed by atoms with Crippen LogP contribution in [0.25, 0.3) is 10.9 Å². The van der Waals surface area contributed by atoms with Crippen LogP contribution in [-0.4, -0.2) is 48.7 Å². The number of carbonyl (C=O) groups excluding carboxylic acids is 1. The molecule has 1 fully saturated rings. The minimum atomic E-state index is -0.0620. The molecule has 2 heterocycles. The maximum atomic E-state index is 12.5. The Morgan fingerprint density at radius 2 is 1.86 bits per heavy atom. The van der Waals surface area contributed by atoms with Gasteiger partial charge in [0.1, 0.15) is 17.4 Å². The number of rotatable bonds is 6. The largest absolute Gasteiger partial charge is 0.493 e. The summed E-state index contributed by atoms with van der Waals surface area (Å²) in [6.45, 7) is 1.16. The average molecular weight is 378 g/mol. The van der Waals surface area contributed by atoms with Gasteiger partial charge in [-0.1, -0.05) is 30.3 Å². The van der Waals surface area contributed by atoms with E-state index in [0.717, 1.165) is 23.1 Å². The quantitative estimate of drug-likeness (QED) is 0.659. The third-order valence-corrected chi connectivity index (χ3v) is 4.81. The molecular weight excluding hydrogens is 356 g/mol. The standard InChI is InChI=1S/C22H22N2O4/c1-26-18-8-2-3-9-19(18)27-15-21(25)24-13-11-17(14-24)28-20-10-4-6-16-7-5-12-23-22(16)20/h2-10,12,17H,11,13-15H2,1H3. The third-order valence-electron chi connectivity index (χ3n) is 4.81. The predicted octanol–water partition coefficient (Wildman–Crippen LogP) is 3.30. The summed E-state index contributed by atoms with van der Waals surface area (Å²) in [6.07, 6.45) is 2.49. The normalized spacial score (nSPS) is 16.2. The molecule has 1 saturated heterocycles. The predicted molar refractivity (Wildman–Crippen MR) is 106 cm³/mol. The van der Waals surface area contributed by atoms with Gasteiger partial charge in [-0.2, -0.15) is 0 Å². The highest BCUT2D eigenvalue weighted by molar-refractivity contribution is 5.84. The van der Waals surface area contributed by atoms with E-state index in [1.807, 2.05) is 42.5 Å². The number of pyridine rings is 1. The lowest BCUT2D eigenvalue weighted by Crippen LogP contribution is -2.34. The number of nitrogens with zero attached hydrogens (tertiary/aromatic N) is 2. The van der Waals surface area contributed by atoms with Crippen molar-refractivity contribution in [2.24, 2.45) is 0 Å². The minimum Gasteiger partial charge on any atom is -0.493 e. The molecule has 0 spiro atoms. The van der Waals surface area contributed by atoms with Crippen molar-refractivity contribution in [3.8, 4) is 17.2 Å². The first kappa shape index (κ1) is 18.1. The van der Waals surface area contributed by atoms with Gasteiger partial charge in [-0.15, -0.1) is 0 Å². The molecule has 0 bridgehead atoms. The molecule has 0 radical (unpaired) electrons. The lowest BCUT2D eigenvalue weighted by molar-refractivity contribution is -0.132. The van der Waals surface area contributed by atoms with E-state index < -0.39 is 0 Å². The van der Waals surface area contributed by atoms with Gasteiger partial charge in [-0.25, -0.2) is 0 Å². The Morgan fingerprint density at radius 1 is 1.07 bits per heavy atom. The van der Waals surface area contributed by atoms with Gasteiger partial charge in [0.15, 0.2) is 18.1 Å². The van der Waals surface area contributed by atoms with Crippen molar-refractivity contribution in [2.75, 3.05) is 26.8 Å². The molecule has 0 saturated carbocycles. The third kappa shape index (κ3) is 3.86. The van der Waals surface area contributed by atoms with Gasteiger partial charge in [-0.3, -0.25) is 9.78 Å². The van der Waals surface area contributed by atoms with Crippen LogP contribution in [0.4, 0.5) is 0 Å². The van der Waals surface area contributed by atoms with E-state index in [2.05, 4.69) is 4.98 Å². The number of aromatic nitrogens is 1. The summed E-state index contributed by atoms with van der Waals surface area (Å²) in [4.78, 5) is 18.7. The maximum absolute atomic E-state index is 12.5. The Morgan fingerprint density at radius 3 is 2.71 bits per heavy atom. The smallest absolute Gasteiger partial charge is 0.260 e. The fraction of sp³-hybridized carbons (Fsp3) is 0.273. The zero-order valence-electron chi connectivity index (χ0n) is 15.7. The number of amides is 1. The number of fused-ring (bicyclic) bond motifs is 1. The van der Waals surface area contributed by atoms with E-state index in [1.165, 1.54) is 0 Å². The van der Waals surface area contributed by atoms with Gasteiger partial charge in [0, 0.05) is 24.5 Å². The lowest BCUT2D eigenvalue weighted by Gasteiger charge is -2.18. The number of hydrogen-bond donors (Lipinski definition) is 0. The highest BCUT2D eigenvalue weighted by Gasteiger charge is 2.28. The van der Waals surface area contributed by atoms with Crippen molar-refractivity contribution >= 4 is 16.8 Å². The Balaban J connectivity index is 1.35. The Bertz CT molecular complexity index is 970. The fourth-order valence-electron chi connectivity index (χ4n) is 3.37. The van der Waals surface area contributed by atoms with Crippen molar-refractivity contribution in [3.63, 3.8) is 0 Å². The van der Waals surface area contributed by atoms with Crippen LogP contribution in [0.2, 0.25) is 0 Å². The molecule has 4 rings (SSSR count). The Labute approximate surface area is 163 Å². The number of carbonyl (C=O) groups is 1. The number of benzene rings is 2. The lowest BCUT2D eigenvalue weighted by atomic mass is 10.2. The summed E-state index contributed by atoms with van der Waals surface area (Å²) < 4.78 is 17.0. The number of hydrogen-bond acceptors (Lipinski definition) is 5. The van der Waals surface area contributed by atoms with E-state index in [-0.39, 0.29) is 18.6 Å². The van der Waals surface area contributed by atoms with Crippen LogP contribution in [-0.2, 0) is 4.79 Å². The monoisotopic (exact) mass is 378 g/mol. The van der Waals surface area contributed by atoms with Crippen LogP contribution >= 0.6 is 0 Å². The summed E-state index contributed by atoms with van der Waals surface area (Å²) >= 11 is 0. The van der Waals surface area contributed by atoms with Crippen LogP contribution in [0.1, 0.15) is 6.42 Å². The molecule has 1 aliphatic heterocycles. The first-order valence-electron chi connectivity index (χ1n) is 9.28. The molecule has 1 unspecified atom stereocenters. The van der Waals surface area contributed by atoms with Crippen LogP contribution in [0.15, 0.2) is 60.8 Å². The molecular formula is C22H22N2O4. The number of para-hydroxylation sites is 3. The van der Waals surface area contributed by atoms with Crippen molar-refractivity contribution in [1.29, 1.82) is 0 Å². The van der Waals surface area contributed by atoms with Gasteiger partial charge < -0.3 is 19.1 Å². The van der Waals surface area contributed by atoms with Gasteiger partial charge >= 0.3 is 0 Å². The minimum absolute atomic E-state index is 0.0249. The van der Waals surface area contributed by atoms with Crippen molar-refractivity contribution < 1.29 is 19.0 Å². The fourth-order valence-corrected chi connectivity index (χ4v) is 3.37. The van der Waals surface area contributed by atoms with Crippen molar-refractivity contribution in [3.05, 3.63) is 60.8 Å². The first-order valence-corrected chi connectivity index (χ1v) is 9.28. The second kappa shape index (κ2) is 8.17. The molecule has 28 heavy (non-hydrogen) atoms. The molecule has 6 heteroatoms. The van der Waals surface area contributed by atoms with Gasteiger partial charge in [0.2, 0.25) is 0 Å². The molecule has 144 valence electrons. The zero-order valence-corrected chi connectivity index (χ0v) is 15.7. The molecule has 2 aromatic carbocycles. The van der Waals surface area contributed by atoms with E-state index in [9.17, 15) is 4.79 Å². The topological polar surface area (TPSA) is 60.9 Å².